The second-order valence-electron chi connectivity index (χ2n) is 5.27. The molecule has 1 N–H and O–H groups in total. The van der Waals surface area contributed by atoms with E-state index in [1.165, 1.54) is 0 Å². The quantitative estimate of drug-likeness (QED) is 0.662. The highest BCUT2D eigenvalue weighted by atomic mass is 79.9. The summed E-state index contributed by atoms with van der Waals surface area (Å²) >= 11 is 3.37. The molecular weight excluding hydrogens is 390 g/mol. The van der Waals surface area contributed by atoms with Crippen molar-refractivity contribution in [3.05, 3.63) is 52.4 Å². The van der Waals surface area contributed by atoms with Crippen LogP contribution < -0.4 is 4.90 Å². The van der Waals surface area contributed by atoms with E-state index in [0.29, 0.717) is 17.0 Å². The zero-order valence-corrected chi connectivity index (χ0v) is 15.5. The molecule has 0 aliphatic rings. The highest BCUT2D eigenvalue weighted by Crippen LogP contribution is 2.21. The minimum Gasteiger partial charge on any atom is -0.378 e. The van der Waals surface area contributed by atoms with Crippen LogP contribution in [0.1, 0.15) is 11.4 Å². The Balaban J connectivity index is 0.00000208. The van der Waals surface area contributed by atoms with E-state index in [1.807, 2.05) is 55.4 Å². The van der Waals surface area contributed by atoms with E-state index in [1.54, 1.807) is 6.20 Å². The molecule has 0 saturated heterocycles. The van der Waals surface area contributed by atoms with Crippen LogP contribution in [0.15, 0.2) is 41.0 Å². The second-order valence-corrected chi connectivity index (χ2v) is 6.18. The molecule has 1 aromatic carbocycles. The fraction of sp³-hybridized carbons (Fsp3) is 0.118. The van der Waals surface area contributed by atoms with Crippen molar-refractivity contribution < 1.29 is 0 Å². The highest BCUT2D eigenvalue weighted by molar-refractivity contribution is 9.10. The van der Waals surface area contributed by atoms with Gasteiger partial charge in [0.15, 0.2) is 11.5 Å². The van der Waals surface area contributed by atoms with Gasteiger partial charge in [-0.2, -0.15) is 5.26 Å². The van der Waals surface area contributed by atoms with Crippen molar-refractivity contribution in [3.63, 3.8) is 0 Å². The van der Waals surface area contributed by atoms with E-state index in [-0.39, 0.29) is 12.4 Å². The molecular formula is C17H15BrClN5. The van der Waals surface area contributed by atoms with Gasteiger partial charge in [-0.15, -0.1) is 12.4 Å². The maximum absolute atomic E-state index is 9.45. The van der Waals surface area contributed by atoms with Crippen molar-refractivity contribution in [3.8, 4) is 6.07 Å². The van der Waals surface area contributed by atoms with Gasteiger partial charge in [-0.1, -0.05) is 12.1 Å². The molecule has 0 amide bonds. The molecule has 0 bridgehead atoms. The third-order valence-electron chi connectivity index (χ3n) is 3.40. The number of hydrogen-bond acceptors (Lipinski definition) is 4. The molecule has 0 atom stereocenters. The van der Waals surface area contributed by atoms with Crippen molar-refractivity contribution in [2.24, 2.45) is 0 Å². The third kappa shape index (κ3) is 3.75. The molecule has 5 nitrogen and oxygen atoms in total. The van der Waals surface area contributed by atoms with Crippen molar-refractivity contribution in [2.45, 2.75) is 0 Å². The van der Waals surface area contributed by atoms with Crippen molar-refractivity contribution >= 4 is 56.8 Å². The average Bonchev–Trinajstić information content (AvgIpc) is 2.95. The molecule has 3 rings (SSSR count). The number of imidazole rings is 1. The van der Waals surface area contributed by atoms with Gasteiger partial charge in [0.2, 0.25) is 0 Å². The molecule has 0 aliphatic heterocycles. The molecule has 2 heterocycles. The molecule has 0 spiro atoms. The Morgan fingerprint density at radius 3 is 2.62 bits per heavy atom. The third-order valence-corrected chi connectivity index (χ3v) is 3.83. The largest absolute Gasteiger partial charge is 0.378 e. The number of rotatable bonds is 3. The van der Waals surface area contributed by atoms with Gasteiger partial charge in [-0.25, -0.2) is 9.97 Å². The smallest absolute Gasteiger partial charge is 0.178 e. The number of benzene rings is 1. The summed E-state index contributed by atoms with van der Waals surface area (Å²) in [6, 6.07) is 12.1. The number of nitrogens with one attached hydrogen (secondary N) is 1. The minimum atomic E-state index is 0. The van der Waals surface area contributed by atoms with Crippen LogP contribution in [0.3, 0.4) is 0 Å². The minimum absolute atomic E-state index is 0. The molecule has 7 heteroatoms. The van der Waals surface area contributed by atoms with Gasteiger partial charge < -0.3 is 9.88 Å². The summed E-state index contributed by atoms with van der Waals surface area (Å²) in [4.78, 5) is 13.8. The number of aromatic amines is 1. The summed E-state index contributed by atoms with van der Waals surface area (Å²) in [5, 5.41) is 9.45. The number of aromatic nitrogens is 3. The summed E-state index contributed by atoms with van der Waals surface area (Å²) in [5.41, 5.74) is 3.91. The first kappa shape index (κ1) is 18.0. The van der Waals surface area contributed by atoms with E-state index in [0.717, 1.165) is 21.2 Å². The van der Waals surface area contributed by atoms with Crippen LogP contribution in [-0.4, -0.2) is 29.0 Å². The van der Waals surface area contributed by atoms with E-state index in [4.69, 9.17) is 0 Å². The van der Waals surface area contributed by atoms with Crippen molar-refractivity contribution in [1.29, 1.82) is 5.26 Å². The van der Waals surface area contributed by atoms with Crippen LogP contribution in [0.2, 0.25) is 0 Å². The van der Waals surface area contributed by atoms with E-state index >= 15 is 0 Å². The number of halogens is 2. The Hall–Kier alpha value is -2.36. The standard InChI is InChI=1S/C17H14BrN5.ClH/c1-23(2)14-5-3-11(4-6-14)7-12(9-19)16-21-15-8-13(18)10-20-17(15)22-16;/h3-8,10H,1-2H3,(H,20,21,22);1H/b12-7+;. The van der Waals surface area contributed by atoms with Gasteiger partial charge in [-0.05, 0) is 45.8 Å². The van der Waals surface area contributed by atoms with Gasteiger partial charge >= 0.3 is 0 Å². The summed E-state index contributed by atoms with van der Waals surface area (Å²) in [6.45, 7) is 0. The molecule has 3 aromatic rings. The fourth-order valence-electron chi connectivity index (χ4n) is 2.19. The van der Waals surface area contributed by atoms with Gasteiger partial charge in [0, 0.05) is 30.5 Å². The summed E-state index contributed by atoms with van der Waals surface area (Å²) in [7, 11) is 3.98. The maximum atomic E-state index is 9.45. The lowest BCUT2D eigenvalue weighted by Gasteiger charge is -2.11. The van der Waals surface area contributed by atoms with Gasteiger partial charge in [0.1, 0.15) is 6.07 Å². The second kappa shape index (κ2) is 7.47. The number of nitrogens with zero attached hydrogens (tertiary/aromatic N) is 4. The first-order valence-electron chi connectivity index (χ1n) is 6.97. The summed E-state index contributed by atoms with van der Waals surface area (Å²) < 4.78 is 0.863. The molecule has 0 radical (unpaired) electrons. The van der Waals surface area contributed by atoms with Crippen LogP contribution in [-0.2, 0) is 0 Å². The summed E-state index contributed by atoms with van der Waals surface area (Å²) in [5.74, 6) is 0.518. The number of allylic oxidation sites excluding steroid dienone is 1. The fourth-order valence-corrected chi connectivity index (χ4v) is 2.52. The van der Waals surface area contributed by atoms with Crippen molar-refractivity contribution in [2.75, 3.05) is 19.0 Å². The van der Waals surface area contributed by atoms with Crippen LogP contribution in [0.4, 0.5) is 5.69 Å². The number of hydrogen-bond donors (Lipinski definition) is 1. The van der Waals surface area contributed by atoms with E-state index in [9.17, 15) is 5.26 Å². The molecule has 122 valence electrons. The normalized spacial score (nSPS) is 11.0. The van der Waals surface area contributed by atoms with Crippen molar-refractivity contribution in [1.82, 2.24) is 15.0 Å². The Bertz CT molecular complexity index is 922. The molecule has 24 heavy (non-hydrogen) atoms. The Kier molecular flexibility index (Phi) is 5.60. The number of H-pyrrole nitrogens is 1. The number of fused-ring (bicyclic) bond motifs is 1. The topological polar surface area (TPSA) is 68.6 Å². The molecule has 0 aliphatic carbocycles. The molecule has 0 saturated carbocycles. The Labute approximate surface area is 154 Å². The van der Waals surface area contributed by atoms with Gasteiger partial charge in [0.05, 0.1) is 11.1 Å². The molecule has 2 aromatic heterocycles. The maximum Gasteiger partial charge on any atom is 0.178 e. The number of anilines is 1. The lowest BCUT2D eigenvalue weighted by Crippen LogP contribution is -2.07. The highest BCUT2D eigenvalue weighted by Gasteiger charge is 2.09. The lowest BCUT2D eigenvalue weighted by molar-refractivity contribution is 1.13. The predicted molar refractivity (Wildman–Crippen MR) is 103 cm³/mol. The number of nitriles is 1. The monoisotopic (exact) mass is 403 g/mol. The molecule has 0 unspecified atom stereocenters. The molecule has 0 fully saturated rings. The van der Waals surface area contributed by atoms with Crippen LogP contribution in [0, 0.1) is 11.3 Å². The predicted octanol–water partition coefficient (Wildman–Crippen LogP) is 4.27. The van der Waals surface area contributed by atoms with Crippen LogP contribution in [0.5, 0.6) is 0 Å². The van der Waals surface area contributed by atoms with E-state index in [2.05, 4.69) is 37.0 Å². The summed E-state index contributed by atoms with van der Waals surface area (Å²) in [6.07, 6.45) is 3.49. The van der Waals surface area contributed by atoms with E-state index < -0.39 is 0 Å². The first-order chi connectivity index (χ1) is 11.1. The van der Waals surface area contributed by atoms with Crippen LogP contribution in [0.25, 0.3) is 22.8 Å². The zero-order chi connectivity index (χ0) is 16.4. The zero-order valence-electron chi connectivity index (χ0n) is 13.1. The number of pyridine rings is 1. The average molecular weight is 405 g/mol. The SMILES string of the molecule is CN(C)c1ccc(/C=C(\C#N)c2nc3ncc(Br)cc3[nH]2)cc1.Cl. The Morgan fingerprint density at radius 2 is 2.00 bits per heavy atom. The van der Waals surface area contributed by atoms with Gasteiger partial charge in [0.25, 0.3) is 0 Å². The van der Waals surface area contributed by atoms with Gasteiger partial charge in [-0.3, -0.25) is 0 Å². The Morgan fingerprint density at radius 1 is 1.29 bits per heavy atom. The first-order valence-corrected chi connectivity index (χ1v) is 7.77. The van der Waals surface area contributed by atoms with Crippen LogP contribution >= 0.6 is 28.3 Å². The lowest BCUT2D eigenvalue weighted by atomic mass is 10.1.